The molecule has 5 rings (SSSR count). The first-order valence-corrected chi connectivity index (χ1v) is 13.6. The van der Waals surface area contributed by atoms with E-state index in [4.69, 9.17) is 0 Å². The first-order valence-electron chi connectivity index (χ1n) is 12.8. The Kier molecular flexibility index (Phi) is 7.90. The van der Waals surface area contributed by atoms with Gasteiger partial charge in [-0.3, -0.25) is 20.4 Å². The summed E-state index contributed by atoms with van der Waals surface area (Å²) in [5, 5.41) is 4.69. The number of benzene rings is 4. The minimum absolute atomic E-state index is 0.213. The molecule has 5 aromatic rings. The van der Waals surface area contributed by atoms with Gasteiger partial charge in [-0.1, -0.05) is 96.6 Å². The number of nitrogens with zero attached hydrogens (tertiary/aromatic N) is 1. The van der Waals surface area contributed by atoms with Crippen LogP contribution in [0.3, 0.4) is 0 Å². The molecule has 0 bridgehead atoms. The summed E-state index contributed by atoms with van der Waals surface area (Å²) >= 11 is 1.41. The summed E-state index contributed by atoms with van der Waals surface area (Å²) in [5.41, 5.74) is 11.3. The summed E-state index contributed by atoms with van der Waals surface area (Å²) in [5.74, 6) is -0.636. The second-order valence-corrected chi connectivity index (χ2v) is 10.2. The van der Waals surface area contributed by atoms with E-state index in [2.05, 4.69) is 77.4 Å². The second kappa shape index (κ2) is 11.8. The first kappa shape index (κ1) is 25.4. The maximum atomic E-state index is 12.6. The zero-order valence-electron chi connectivity index (χ0n) is 21.2. The minimum Gasteiger partial charge on any atom is -0.273 e. The lowest BCUT2D eigenvalue weighted by Gasteiger charge is -2.11. The van der Waals surface area contributed by atoms with Crippen molar-refractivity contribution in [2.24, 2.45) is 0 Å². The molecule has 0 unspecified atom stereocenters. The van der Waals surface area contributed by atoms with Gasteiger partial charge >= 0.3 is 0 Å². The predicted octanol–water partition coefficient (Wildman–Crippen LogP) is 7.11. The molecule has 5 nitrogen and oxygen atoms in total. The number of amides is 2. The van der Waals surface area contributed by atoms with Crippen LogP contribution >= 0.6 is 11.3 Å². The third-order valence-corrected chi connectivity index (χ3v) is 7.40. The van der Waals surface area contributed by atoms with Gasteiger partial charge in [0, 0.05) is 17.4 Å². The molecule has 0 aliphatic rings. The van der Waals surface area contributed by atoms with Crippen molar-refractivity contribution in [3.05, 3.63) is 113 Å². The lowest BCUT2D eigenvalue weighted by molar-refractivity contribution is -0.121. The van der Waals surface area contributed by atoms with Crippen LogP contribution in [0.2, 0.25) is 0 Å². The Morgan fingerprint density at radius 1 is 0.816 bits per heavy atom. The number of aryl methyl sites for hydroxylation is 2. The Hall–Kier alpha value is -4.29. The Bertz CT molecular complexity index is 1570. The number of hydrogen-bond acceptors (Lipinski definition) is 4. The van der Waals surface area contributed by atoms with Gasteiger partial charge < -0.3 is 0 Å². The molecule has 0 aliphatic carbocycles. The molecule has 1 aromatic heterocycles. The molecular formula is C32H29N3O2S. The highest BCUT2D eigenvalue weighted by Crippen LogP contribution is 2.31. The molecule has 0 saturated carbocycles. The Labute approximate surface area is 226 Å². The predicted molar refractivity (Wildman–Crippen MR) is 155 cm³/mol. The fraction of sp³-hybridized carbons (Fsp3) is 0.156. The topological polar surface area (TPSA) is 71.1 Å². The minimum atomic E-state index is -0.423. The van der Waals surface area contributed by atoms with Crippen LogP contribution in [0.15, 0.2) is 96.4 Å². The van der Waals surface area contributed by atoms with Crippen LogP contribution in [-0.2, 0) is 11.2 Å². The maximum Gasteiger partial charge on any atom is 0.289 e. The van der Waals surface area contributed by atoms with Crippen LogP contribution < -0.4 is 10.9 Å². The second-order valence-electron chi connectivity index (χ2n) is 9.30. The van der Waals surface area contributed by atoms with Crippen LogP contribution in [0.4, 0.5) is 0 Å². The number of hydrazine groups is 1. The van der Waals surface area contributed by atoms with Crippen molar-refractivity contribution in [1.29, 1.82) is 0 Å². The van der Waals surface area contributed by atoms with Crippen molar-refractivity contribution >= 4 is 33.9 Å². The fourth-order valence-electron chi connectivity index (χ4n) is 4.56. The molecule has 0 atom stereocenters. The monoisotopic (exact) mass is 519 g/mol. The molecule has 1 heterocycles. The van der Waals surface area contributed by atoms with E-state index in [0.717, 1.165) is 40.6 Å². The summed E-state index contributed by atoms with van der Waals surface area (Å²) in [6.45, 7) is 2.10. The number of fused-ring (bicyclic) bond motifs is 1. The largest absolute Gasteiger partial charge is 0.289 e. The zero-order chi connectivity index (χ0) is 26.3. The molecule has 0 saturated heterocycles. The summed E-state index contributed by atoms with van der Waals surface area (Å²) < 4.78 is 0. The van der Waals surface area contributed by atoms with E-state index in [0.29, 0.717) is 6.42 Å². The number of aromatic nitrogens is 1. The quantitative estimate of drug-likeness (QED) is 0.169. The molecule has 2 N–H and O–H groups in total. The van der Waals surface area contributed by atoms with E-state index in [1.165, 1.54) is 33.6 Å². The third-order valence-electron chi connectivity index (χ3n) is 6.52. The van der Waals surface area contributed by atoms with Gasteiger partial charge in [0.15, 0.2) is 0 Å². The smallest absolute Gasteiger partial charge is 0.273 e. The van der Waals surface area contributed by atoms with E-state index in [9.17, 15) is 9.59 Å². The van der Waals surface area contributed by atoms with Crippen molar-refractivity contribution < 1.29 is 9.59 Å². The Morgan fingerprint density at radius 2 is 1.61 bits per heavy atom. The number of carbonyl (C=O) groups is 2. The average molecular weight is 520 g/mol. The van der Waals surface area contributed by atoms with Crippen LogP contribution in [-0.4, -0.2) is 16.8 Å². The highest BCUT2D eigenvalue weighted by atomic mass is 32.1. The summed E-state index contributed by atoms with van der Waals surface area (Å²) in [6.07, 6.45) is 2.83. The average Bonchev–Trinajstić information content (AvgIpc) is 3.45. The lowest BCUT2D eigenvalue weighted by atomic mass is 9.94. The van der Waals surface area contributed by atoms with Crippen LogP contribution in [0, 0.1) is 6.92 Å². The van der Waals surface area contributed by atoms with Gasteiger partial charge in [-0.25, -0.2) is 4.98 Å². The molecular weight excluding hydrogens is 490 g/mol. The van der Waals surface area contributed by atoms with Gasteiger partial charge in [-0.05, 0) is 53.6 Å². The molecule has 2 amide bonds. The van der Waals surface area contributed by atoms with Crippen molar-refractivity contribution in [3.63, 3.8) is 0 Å². The molecule has 0 fully saturated rings. The molecule has 0 spiro atoms. The van der Waals surface area contributed by atoms with Crippen molar-refractivity contribution in [3.8, 4) is 21.7 Å². The van der Waals surface area contributed by atoms with Gasteiger partial charge in [-0.15, -0.1) is 11.3 Å². The van der Waals surface area contributed by atoms with E-state index in [1.807, 2.05) is 36.4 Å². The van der Waals surface area contributed by atoms with Gasteiger partial charge in [-0.2, -0.15) is 0 Å². The highest BCUT2D eigenvalue weighted by Gasteiger charge is 2.14. The molecule has 6 heteroatoms. The van der Waals surface area contributed by atoms with Crippen molar-refractivity contribution in [2.75, 3.05) is 0 Å². The zero-order valence-corrected chi connectivity index (χ0v) is 22.1. The van der Waals surface area contributed by atoms with Gasteiger partial charge in [0.2, 0.25) is 5.91 Å². The Balaban J connectivity index is 1.11. The highest BCUT2D eigenvalue weighted by molar-refractivity contribution is 7.13. The maximum absolute atomic E-state index is 12.6. The lowest BCUT2D eigenvalue weighted by Crippen LogP contribution is -2.41. The standard InChI is InChI=1S/C32H29N3O2S/c1-22-18-19-25(28(20-22)24-10-3-2-4-11-24)13-6-8-17-30(36)34-35-31(37)29-21-38-32(33-29)27-16-9-14-23-12-5-7-15-26(23)27/h2-5,7,9-12,14-16,18-21H,6,8,13,17H2,1H3,(H,34,36)(H,35,37). The van der Waals surface area contributed by atoms with Crippen LogP contribution in [0.25, 0.3) is 32.5 Å². The van der Waals surface area contributed by atoms with E-state index in [-0.39, 0.29) is 11.6 Å². The SMILES string of the molecule is Cc1ccc(CCCCC(=O)NNC(=O)c2csc(-c3cccc4ccccc34)n2)c(-c2ccccc2)c1. The van der Waals surface area contributed by atoms with Gasteiger partial charge in [0.05, 0.1) is 0 Å². The molecule has 4 aromatic carbocycles. The number of carbonyl (C=O) groups excluding carboxylic acids is 2. The summed E-state index contributed by atoms with van der Waals surface area (Å²) in [4.78, 5) is 29.5. The summed E-state index contributed by atoms with van der Waals surface area (Å²) in [7, 11) is 0. The van der Waals surface area contributed by atoms with E-state index >= 15 is 0 Å². The van der Waals surface area contributed by atoms with Gasteiger partial charge in [0.1, 0.15) is 10.7 Å². The number of nitrogens with one attached hydrogen (secondary N) is 2. The molecule has 0 aliphatic heterocycles. The number of thiazole rings is 1. The third kappa shape index (κ3) is 5.98. The molecule has 0 radical (unpaired) electrons. The number of unbranched alkanes of at least 4 members (excludes halogenated alkanes) is 1. The van der Waals surface area contributed by atoms with E-state index < -0.39 is 5.91 Å². The fourth-order valence-corrected chi connectivity index (χ4v) is 5.40. The Morgan fingerprint density at radius 3 is 2.47 bits per heavy atom. The van der Waals surface area contributed by atoms with E-state index in [1.54, 1.807) is 5.38 Å². The van der Waals surface area contributed by atoms with Crippen LogP contribution in [0.5, 0.6) is 0 Å². The van der Waals surface area contributed by atoms with Crippen LogP contribution in [0.1, 0.15) is 40.9 Å². The number of rotatable bonds is 8. The summed E-state index contributed by atoms with van der Waals surface area (Å²) in [6, 6.07) is 31.1. The van der Waals surface area contributed by atoms with Crippen molar-refractivity contribution in [2.45, 2.75) is 32.6 Å². The molecule has 38 heavy (non-hydrogen) atoms. The van der Waals surface area contributed by atoms with Crippen molar-refractivity contribution in [1.82, 2.24) is 15.8 Å². The van der Waals surface area contributed by atoms with Gasteiger partial charge in [0.25, 0.3) is 5.91 Å². The first-order chi connectivity index (χ1) is 18.6. The number of hydrogen-bond donors (Lipinski definition) is 2. The molecule has 190 valence electrons. The normalized spacial score (nSPS) is 10.9.